The fourth-order valence-corrected chi connectivity index (χ4v) is 1.47. The molecule has 0 amide bonds. The number of nitrogen functional groups attached to an aromatic ring is 1. The Morgan fingerprint density at radius 2 is 2.13 bits per heavy atom. The van der Waals surface area contributed by atoms with Crippen molar-refractivity contribution in [3.05, 3.63) is 17.5 Å². The van der Waals surface area contributed by atoms with Gasteiger partial charge in [0.15, 0.2) is 0 Å². The van der Waals surface area contributed by atoms with E-state index in [0.29, 0.717) is 11.4 Å². The molecule has 0 spiro atoms. The summed E-state index contributed by atoms with van der Waals surface area (Å²) in [6.07, 6.45) is 0.841. The number of H-pyrrole nitrogens is 1. The summed E-state index contributed by atoms with van der Waals surface area (Å²) in [7, 11) is 1.34. The first kappa shape index (κ1) is 11.6. The van der Waals surface area contributed by atoms with Gasteiger partial charge < -0.3 is 15.5 Å². The molecule has 0 aliphatic carbocycles. The monoisotopic (exact) mass is 210 g/mol. The molecule has 0 atom stereocenters. The standard InChI is InChI=1S/C11H18N2O2/c1-11(2,3)6-7-5-8(12)9(13-7)10(14)15-4/h5,13H,6,12H2,1-4H3. The Bertz CT molecular complexity index is 361. The second-order valence-electron chi connectivity index (χ2n) is 4.85. The van der Waals surface area contributed by atoms with E-state index in [9.17, 15) is 4.79 Å². The number of rotatable bonds is 2. The van der Waals surface area contributed by atoms with Crippen LogP contribution < -0.4 is 5.73 Å². The Kier molecular flexibility index (Phi) is 3.07. The van der Waals surface area contributed by atoms with Crippen LogP contribution in [-0.4, -0.2) is 18.1 Å². The van der Waals surface area contributed by atoms with Gasteiger partial charge in [0.05, 0.1) is 12.8 Å². The first-order valence-corrected chi connectivity index (χ1v) is 4.89. The van der Waals surface area contributed by atoms with E-state index >= 15 is 0 Å². The Morgan fingerprint density at radius 3 is 2.60 bits per heavy atom. The van der Waals surface area contributed by atoms with Gasteiger partial charge in [-0.15, -0.1) is 0 Å². The number of carbonyl (C=O) groups is 1. The number of carbonyl (C=O) groups excluding carboxylic acids is 1. The smallest absolute Gasteiger partial charge is 0.356 e. The molecule has 1 heterocycles. The third-order valence-corrected chi connectivity index (χ3v) is 2.01. The summed E-state index contributed by atoms with van der Waals surface area (Å²) >= 11 is 0. The van der Waals surface area contributed by atoms with Gasteiger partial charge in [0.2, 0.25) is 0 Å². The van der Waals surface area contributed by atoms with Crippen LogP contribution in [0.5, 0.6) is 0 Å². The highest BCUT2D eigenvalue weighted by atomic mass is 16.5. The van der Waals surface area contributed by atoms with Crippen LogP contribution in [0.3, 0.4) is 0 Å². The van der Waals surface area contributed by atoms with Crippen molar-refractivity contribution in [2.75, 3.05) is 12.8 Å². The molecule has 0 unspecified atom stereocenters. The third-order valence-electron chi connectivity index (χ3n) is 2.01. The zero-order chi connectivity index (χ0) is 11.6. The number of anilines is 1. The second-order valence-corrected chi connectivity index (χ2v) is 4.85. The van der Waals surface area contributed by atoms with Crippen LogP contribution in [-0.2, 0) is 11.2 Å². The zero-order valence-electron chi connectivity index (χ0n) is 9.68. The number of ether oxygens (including phenoxy) is 1. The van der Waals surface area contributed by atoms with Gasteiger partial charge in [-0.2, -0.15) is 0 Å². The minimum absolute atomic E-state index is 0.157. The van der Waals surface area contributed by atoms with Crippen molar-refractivity contribution in [1.29, 1.82) is 0 Å². The van der Waals surface area contributed by atoms with Gasteiger partial charge in [0, 0.05) is 5.69 Å². The van der Waals surface area contributed by atoms with Gasteiger partial charge >= 0.3 is 5.97 Å². The SMILES string of the molecule is COC(=O)c1[nH]c(CC(C)(C)C)cc1N. The number of methoxy groups -OCH3 is 1. The van der Waals surface area contributed by atoms with Crippen LogP contribution >= 0.6 is 0 Å². The molecule has 0 aliphatic rings. The zero-order valence-corrected chi connectivity index (χ0v) is 9.68. The number of aromatic amines is 1. The molecule has 0 bridgehead atoms. The summed E-state index contributed by atoms with van der Waals surface area (Å²) < 4.78 is 4.61. The number of hydrogen-bond acceptors (Lipinski definition) is 3. The molecule has 1 aromatic heterocycles. The Morgan fingerprint density at radius 1 is 1.53 bits per heavy atom. The molecule has 3 N–H and O–H groups in total. The fraction of sp³-hybridized carbons (Fsp3) is 0.545. The lowest BCUT2D eigenvalue weighted by Gasteiger charge is -2.16. The summed E-state index contributed by atoms with van der Waals surface area (Å²) in [5.41, 5.74) is 7.61. The predicted octanol–water partition coefficient (Wildman–Crippen LogP) is 1.97. The summed E-state index contributed by atoms with van der Waals surface area (Å²) in [6, 6.07) is 1.79. The number of esters is 1. The second kappa shape index (κ2) is 3.96. The minimum atomic E-state index is -0.423. The Hall–Kier alpha value is -1.45. The summed E-state index contributed by atoms with van der Waals surface area (Å²) in [5, 5.41) is 0. The Balaban J connectivity index is 2.91. The molecule has 84 valence electrons. The Labute approximate surface area is 89.8 Å². The van der Waals surface area contributed by atoms with E-state index in [1.807, 2.05) is 0 Å². The average Bonchev–Trinajstić information content (AvgIpc) is 2.42. The van der Waals surface area contributed by atoms with E-state index in [2.05, 4.69) is 30.5 Å². The van der Waals surface area contributed by atoms with Gasteiger partial charge in [0.1, 0.15) is 5.69 Å². The van der Waals surface area contributed by atoms with E-state index < -0.39 is 5.97 Å². The maximum absolute atomic E-state index is 11.3. The van der Waals surface area contributed by atoms with Crippen molar-refractivity contribution >= 4 is 11.7 Å². The molecule has 4 heteroatoms. The third kappa shape index (κ3) is 3.01. The van der Waals surface area contributed by atoms with Crippen molar-refractivity contribution in [3.8, 4) is 0 Å². The number of nitrogens with one attached hydrogen (secondary N) is 1. The van der Waals surface area contributed by atoms with Crippen molar-refractivity contribution in [3.63, 3.8) is 0 Å². The van der Waals surface area contributed by atoms with E-state index in [1.165, 1.54) is 7.11 Å². The van der Waals surface area contributed by atoms with Crippen LogP contribution in [0.25, 0.3) is 0 Å². The van der Waals surface area contributed by atoms with Crippen molar-refractivity contribution in [2.45, 2.75) is 27.2 Å². The summed E-state index contributed by atoms with van der Waals surface area (Å²) in [5.74, 6) is -0.423. The molecular formula is C11H18N2O2. The van der Waals surface area contributed by atoms with Gasteiger partial charge in [-0.3, -0.25) is 0 Å². The van der Waals surface area contributed by atoms with Crippen LogP contribution in [0.1, 0.15) is 37.0 Å². The molecule has 1 rings (SSSR count). The lowest BCUT2D eigenvalue weighted by molar-refractivity contribution is 0.0595. The summed E-state index contributed by atoms with van der Waals surface area (Å²) in [4.78, 5) is 14.3. The molecule has 4 nitrogen and oxygen atoms in total. The lowest BCUT2D eigenvalue weighted by atomic mass is 9.91. The van der Waals surface area contributed by atoms with Crippen LogP contribution in [0.15, 0.2) is 6.07 Å². The maximum atomic E-state index is 11.3. The highest BCUT2D eigenvalue weighted by molar-refractivity contribution is 5.93. The average molecular weight is 210 g/mol. The predicted molar refractivity (Wildman–Crippen MR) is 59.7 cm³/mol. The molecule has 0 saturated carbocycles. The molecule has 0 aliphatic heterocycles. The normalized spacial score (nSPS) is 11.5. The molecular weight excluding hydrogens is 192 g/mol. The maximum Gasteiger partial charge on any atom is 0.356 e. The molecule has 0 saturated heterocycles. The number of nitrogens with two attached hydrogens (primary N) is 1. The van der Waals surface area contributed by atoms with Gasteiger partial charge in [-0.05, 0) is 17.9 Å². The molecule has 0 fully saturated rings. The molecule has 15 heavy (non-hydrogen) atoms. The van der Waals surface area contributed by atoms with E-state index in [4.69, 9.17) is 5.73 Å². The van der Waals surface area contributed by atoms with Crippen LogP contribution in [0.2, 0.25) is 0 Å². The highest BCUT2D eigenvalue weighted by Gasteiger charge is 2.17. The largest absolute Gasteiger partial charge is 0.464 e. The molecule has 0 aromatic carbocycles. The highest BCUT2D eigenvalue weighted by Crippen LogP contribution is 2.23. The van der Waals surface area contributed by atoms with Crippen molar-refractivity contribution < 1.29 is 9.53 Å². The first-order chi connectivity index (χ1) is 6.83. The molecule has 1 aromatic rings. The quantitative estimate of drug-likeness (QED) is 0.733. The van der Waals surface area contributed by atoms with E-state index in [-0.39, 0.29) is 5.41 Å². The van der Waals surface area contributed by atoms with Gasteiger partial charge in [-0.1, -0.05) is 20.8 Å². The van der Waals surface area contributed by atoms with Crippen molar-refractivity contribution in [2.24, 2.45) is 5.41 Å². The van der Waals surface area contributed by atoms with Crippen LogP contribution in [0, 0.1) is 5.41 Å². The van der Waals surface area contributed by atoms with Gasteiger partial charge in [-0.25, -0.2) is 4.79 Å². The minimum Gasteiger partial charge on any atom is -0.464 e. The van der Waals surface area contributed by atoms with Crippen LogP contribution in [0.4, 0.5) is 5.69 Å². The molecule has 0 radical (unpaired) electrons. The van der Waals surface area contributed by atoms with E-state index in [1.54, 1.807) is 6.07 Å². The van der Waals surface area contributed by atoms with Gasteiger partial charge in [0.25, 0.3) is 0 Å². The summed E-state index contributed by atoms with van der Waals surface area (Å²) in [6.45, 7) is 6.38. The fourth-order valence-electron chi connectivity index (χ4n) is 1.47. The number of hydrogen-bond donors (Lipinski definition) is 2. The first-order valence-electron chi connectivity index (χ1n) is 4.89. The number of aromatic nitrogens is 1. The van der Waals surface area contributed by atoms with Crippen molar-refractivity contribution in [1.82, 2.24) is 4.98 Å². The lowest BCUT2D eigenvalue weighted by Crippen LogP contribution is -2.10. The topological polar surface area (TPSA) is 68.1 Å². The van der Waals surface area contributed by atoms with E-state index in [0.717, 1.165) is 12.1 Å².